The van der Waals surface area contributed by atoms with Crippen LogP contribution in [0.25, 0.3) is 0 Å². The molecule has 2 aliphatic carbocycles. The second-order valence-electron chi connectivity index (χ2n) is 15.4. The van der Waals surface area contributed by atoms with Crippen LogP contribution in [0.15, 0.2) is 90.1 Å². The number of rotatable bonds is 20. The predicted octanol–water partition coefficient (Wildman–Crippen LogP) is 8.16. The van der Waals surface area contributed by atoms with E-state index in [-0.39, 0.29) is 69.8 Å². The van der Waals surface area contributed by atoms with Gasteiger partial charge < -0.3 is 43.5 Å². The lowest BCUT2D eigenvalue weighted by molar-refractivity contribution is -0.256. The van der Waals surface area contributed by atoms with Crippen LogP contribution >= 0.6 is 11.6 Å². The number of halogens is 1. The summed E-state index contributed by atoms with van der Waals surface area (Å²) >= 11 is 6.07. The maximum atomic E-state index is 14.5. The summed E-state index contributed by atoms with van der Waals surface area (Å²) in [4.78, 5) is 33.3. The monoisotopic (exact) mass is 844 g/mol. The van der Waals surface area contributed by atoms with Crippen molar-refractivity contribution >= 4 is 29.7 Å². The molecule has 4 aliphatic rings. The van der Waals surface area contributed by atoms with E-state index >= 15 is 0 Å². The number of carbonyl (C=O) groups excluding carboxylic acids is 2. The summed E-state index contributed by atoms with van der Waals surface area (Å²) in [5, 5.41) is 24.4. The van der Waals surface area contributed by atoms with Gasteiger partial charge in [-0.1, -0.05) is 48.3 Å². The van der Waals surface area contributed by atoms with Gasteiger partial charge in [0.15, 0.2) is 11.5 Å². The Morgan fingerprint density at radius 1 is 1.00 bits per heavy atom. The lowest BCUT2D eigenvalue weighted by atomic mass is 9.55. The van der Waals surface area contributed by atoms with Crippen molar-refractivity contribution in [2.75, 3.05) is 46.2 Å². The van der Waals surface area contributed by atoms with Crippen LogP contribution in [0.1, 0.15) is 72.3 Å². The molecule has 2 heterocycles. The average Bonchev–Trinajstić information content (AvgIpc) is 3.74. The number of hydrogen-bond acceptors (Lipinski definition) is 12. The first-order valence-electron chi connectivity index (χ1n) is 20.6. The highest BCUT2D eigenvalue weighted by molar-refractivity contribution is 6.18. The molecule has 0 saturated heterocycles. The van der Waals surface area contributed by atoms with E-state index in [4.69, 9.17) is 44.9 Å². The molecule has 1 amide bonds. The van der Waals surface area contributed by atoms with Crippen molar-refractivity contribution in [3.63, 3.8) is 0 Å². The molecule has 6 atom stereocenters. The number of aliphatic hydroxyl groups is 2. The third-order valence-corrected chi connectivity index (χ3v) is 11.9. The summed E-state index contributed by atoms with van der Waals surface area (Å²) in [6.45, 7) is 4.41. The molecule has 2 N–H and O–H groups in total. The van der Waals surface area contributed by atoms with Crippen LogP contribution in [0.3, 0.4) is 0 Å². The zero-order chi connectivity index (χ0) is 42.1. The lowest BCUT2D eigenvalue weighted by Crippen LogP contribution is -2.70. The van der Waals surface area contributed by atoms with Crippen molar-refractivity contribution in [2.45, 2.75) is 69.2 Å². The van der Waals surface area contributed by atoms with E-state index in [2.05, 4.69) is 17.8 Å². The molecule has 0 spiro atoms. The van der Waals surface area contributed by atoms with Gasteiger partial charge in [-0.15, -0.1) is 18.2 Å². The quantitative estimate of drug-likeness (QED) is 0.0372. The first-order chi connectivity index (χ1) is 29.4. The Balaban J connectivity index is 1.43. The van der Waals surface area contributed by atoms with Gasteiger partial charge in [-0.2, -0.15) is 0 Å². The SMILES string of the molecule is C=CCOC12Oc3ccc(Oc4cccc(C=O)c4)cc3C3C(CCCCO)C(CCCCO)C=C(C(=NOC)CC1N(Cc1ccc4c(c1)OCO4)C(=O)OCCCl)C32. The number of aliphatic hydroxyl groups excluding tert-OH is 2. The number of oxime groups is 1. The summed E-state index contributed by atoms with van der Waals surface area (Å²) in [7, 11) is 1.50. The number of amides is 1. The smallest absolute Gasteiger partial charge is 0.410 e. The topological polar surface area (TPSA) is 155 Å². The third-order valence-electron chi connectivity index (χ3n) is 11.8. The molecule has 1 saturated carbocycles. The highest BCUT2D eigenvalue weighted by Crippen LogP contribution is 2.62. The van der Waals surface area contributed by atoms with Gasteiger partial charge in [-0.25, -0.2) is 4.79 Å². The maximum absolute atomic E-state index is 14.5. The van der Waals surface area contributed by atoms with E-state index in [1.54, 1.807) is 35.2 Å². The van der Waals surface area contributed by atoms with Crippen molar-refractivity contribution in [3.8, 4) is 28.7 Å². The Kier molecular flexibility index (Phi) is 14.3. The second kappa shape index (κ2) is 20.0. The zero-order valence-corrected chi connectivity index (χ0v) is 34.6. The number of alkyl halides is 1. The molecular weight excluding hydrogens is 792 g/mol. The summed E-state index contributed by atoms with van der Waals surface area (Å²) < 4.78 is 37.8. The van der Waals surface area contributed by atoms with Crippen molar-refractivity contribution in [1.82, 2.24) is 4.90 Å². The highest BCUT2D eigenvalue weighted by Gasteiger charge is 2.65. The first kappa shape index (κ1) is 43.0. The minimum absolute atomic E-state index is 0.0000414. The Morgan fingerprint density at radius 2 is 1.78 bits per heavy atom. The maximum Gasteiger partial charge on any atom is 0.410 e. The van der Waals surface area contributed by atoms with Gasteiger partial charge in [-0.05, 0) is 91.1 Å². The molecule has 60 heavy (non-hydrogen) atoms. The Bertz CT molecular complexity index is 2060. The number of nitrogens with zero attached hydrogens (tertiary/aromatic N) is 2. The van der Waals surface area contributed by atoms with Crippen LogP contribution in [-0.4, -0.2) is 91.2 Å². The normalized spacial score (nSPS) is 24.0. The molecular formula is C46H53ClN2O11. The van der Waals surface area contributed by atoms with Gasteiger partial charge in [0.2, 0.25) is 12.6 Å². The van der Waals surface area contributed by atoms with Crippen molar-refractivity contribution in [3.05, 3.63) is 102 Å². The Morgan fingerprint density at radius 3 is 2.55 bits per heavy atom. The Labute approximate surface area is 355 Å². The van der Waals surface area contributed by atoms with Crippen LogP contribution in [0.2, 0.25) is 0 Å². The highest BCUT2D eigenvalue weighted by atomic mass is 35.5. The molecule has 0 aromatic heterocycles. The second-order valence-corrected chi connectivity index (χ2v) is 15.7. The number of benzene rings is 3. The minimum Gasteiger partial charge on any atom is -0.459 e. The van der Waals surface area contributed by atoms with Gasteiger partial charge in [0, 0.05) is 43.2 Å². The standard InChI is InChI=1S/C46H53ClN2O11/c1-3-20-58-46-42(49(45(53)55-21-17-47)27-30-13-15-40-41(23-30)57-29-56-40)26-38(48-54-2)36-24-32(10-4-6-18-50)35(12-5-7-19-51)43(44(36)46)37-25-34(14-16-39(37)60-46)59-33-11-8-9-31(22-33)28-52/h3,8-9,11,13-16,22-25,28,32,35,42-44,50-51H,1,4-7,10,12,17-21,26-27,29H2,2H3. The van der Waals surface area contributed by atoms with Crippen LogP contribution in [-0.2, 0) is 20.9 Å². The van der Waals surface area contributed by atoms with Crippen LogP contribution in [0.4, 0.5) is 4.79 Å². The molecule has 7 rings (SSSR count). The molecule has 3 aromatic carbocycles. The van der Waals surface area contributed by atoms with Crippen LogP contribution < -0.4 is 18.9 Å². The van der Waals surface area contributed by atoms with Gasteiger partial charge in [0.1, 0.15) is 43.3 Å². The number of unbranched alkanes of at least 4 members (excludes halogenated alkanes) is 2. The van der Waals surface area contributed by atoms with E-state index in [1.165, 1.54) is 7.11 Å². The predicted molar refractivity (Wildman–Crippen MR) is 224 cm³/mol. The van der Waals surface area contributed by atoms with E-state index in [1.807, 2.05) is 36.4 Å². The van der Waals surface area contributed by atoms with E-state index < -0.39 is 23.8 Å². The van der Waals surface area contributed by atoms with E-state index in [9.17, 15) is 19.8 Å². The fraction of sp³-hybridized carbons (Fsp3) is 0.457. The fourth-order valence-electron chi connectivity index (χ4n) is 9.36. The first-order valence-corrected chi connectivity index (χ1v) is 21.1. The largest absolute Gasteiger partial charge is 0.459 e. The molecule has 13 nitrogen and oxygen atoms in total. The number of hydrogen-bond donors (Lipinski definition) is 2. The van der Waals surface area contributed by atoms with Crippen LogP contribution in [0, 0.1) is 17.8 Å². The number of allylic oxidation sites excluding steroid dienone is 1. The van der Waals surface area contributed by atoms with Crippen molar-refractivity contribution < 1.29 is 53.1 Å². The third kappa shape index (κ3) is 9.00. The number of aldehydes is 1. The Hall–Kier alpha value is -5.08. The molecule has 6 unspecified atom stereocenters. The van der Waals surface area contributed by atoms with Gasteiger partial charge in [-0.3, -0.25) is 9.69 Å². The van der Waals surface area contributed by atoms with E-state index in [0.717, 1.165) is 48.7 Å². The zero-order valence-electron chi connectivity index (χ0n) is 33.8. The van der Waals surface area contributed by atoms with Crippen molar-refractivity contribution in [2.24, 2.45) is 22.9 Å². The summed E-state index contributed by atoms with van der Waals surface area (Å²) in [6, 6.07) is 17.4. The molecule has 2 aliphatic heterocycles. The molecule has 0 bridgehead atoms. The summed E-state index contributed by atoms with van der Waals surface area (Å²) in [5.74, 6) is 0.609. The van der Waals surface area contributed by atoms with E-state index in [0.29, 0.717) is 52.9 Å². The van der Waals surface area contributed by atoms with Crippen LogP contribution in [0.5, 0.6) is 28.7 Å². The molecule has 0 radical (unpaired) electrons. The van der Waals surface area contributed by atoms with Gasteiger partial charge in [0.05, 0.1) is 24.1 Å². The number of ether oxygens (including phenoxy) is 6. The number of fused-ring (bicyclic) bond motifs is 3. The lowest BCUT2D eigenvalue weighted by Gasteiger charge is -2.59. The van der Waals surface area contributed by atoms with Gasteiger partial charge in [0.25, 0.3) is 0 Å². The molecule has 14 heteroatoms. The average molecular weight is 845 g/mol. The molecule has 3 aromatic rings. The fourth-order valence-corrected chi connectivity index (χ4v) is 9.43. The molecule has 1 fully saturated rings. The number of carbonyl (C=O) groups is 2. The summed E-state index contributed by atoms with van der Waals surface area (Å²) in [6.07, 6.45) is 8.68. The minimum atomic E-state index is -1.51. The molecule has 320 valence electrons. The summed E-state index contributed by atoms with van der Waals surface area (Å²) in [5.41, 5.74) is 3.67. The van der Waals surface area contributed by atoms with Gasteiger partial charge >= 0.3 is 6.09 Å². The van der Waals surface area contributed by atoms with Crippen molar-refractivity contribution in [1.29, 1.82) is 0 Å².